The standard InChI is InChI=1S/C18H28O3/c1-13(7-6-8-15(3)19)9-10-18(21)14(2)11-16(20)12-17(18,4)5/h7,9-11,15,19,21H,6,8,12H2,1-5H3/b10-9+,13-7-/t15?,18-/m1/s1. The molecule has 1 aliphatic carbocycles. The first-order valence-electron chi connectivity index (χ1n) is 7.56. The van der Waals surface area contributed by atoms with Gasteiger partial charge in [0.25, 0.3) is 0 Å². The van der Waals surface area contributed by atoms with Gasteiger partial charge in [-0.3, -0.25) is 4.79 Å². The Morgan fingerprint density at radius 3 is 2.62 bits per heavy atom. The summed E-state index contributed by atoms with van der Waals surface area (Å²) in [5.41, 5.74) is 0.126. The number of carbonyl (C=O) groups excluding carboxylic acids is 1. The molecule has 0 heterocycles. The molecular formula is C18H28O3. The molecule has 0 aromatic rings. The van der Waals surface area contributed by atoms with Crippen LogP contribution in [0.25, 0.3) is 0 Å². The van der Waals surface area contributed by atoms with E-state index in [1.807, 2.05) is 32.9 Å². The van der Waals surface area contributed by atoms with Gasteiger partial charge in [0, 0.05) is 11.8 Å². The molecule has 0 fully saturated rings. The van der Waals surface area contributed by atoms with Gasteiger partial charge in [0.05, 0.1) is 6.10 Å². The number of ketones is 1. The van der Waals surface area contributed by atoms with Gasteiger partial charge in [-0.15, -0.1) is 0 Å². The molecular weight excluding hydrogens is 264 g/mol. The molecule has 2 N–H and O–H groups in total. The second-order valence-corrected chi connectivity index (χ2v) is 6.83. The van der Waals surface area contributed by atoms with Crippen LogP contribution in [0.1, 0.15) is 53.9 Å². The monoisotopic (exact) mass is 292 g/mol. The first kappa shape index (κ1) is 17.9. The van der Waals surface area contributed by atoms with Gasteiger partial charge in [0.15, 0.2) is 5.78 Å². The van der Waals surface area contributed by atoms with E-state index >= 15 is 0 Å². The van der Waals surface area contributed by atoms with Crippen molar-refractivity contribution in [3.63, 3.8) is 0 Å². The van der Waals surface area contributed by atoms with Crippen molar-refractivity contribution >= 4 is 5.78 Å². The van der Waals surface area contributed by atoms with Gasteiger partial charge in [-0.25, -0.2) is 0 Å². The highest BCUT2D eigenvalue weighted by atomic mass is 16.3. The van der Waals surface area contributed by atoms with E-state index in [0.29, 0.717) is 12.0 Å². The summed E-state index contributed by atoms with van der Waals surface area (Å²) in [6.45, 7) is 9.38. The van der Waals surface area contributed by atoms with E-state index in [1.165, 1.54) is 0 Å². The second-order valence-electron chi connectivity index (χ2n) is 6.83. The van der Waals surface area contributed by atoms with Crippen LogP contribution in [0.15, 0.2) is 35.5 Å². The highest BCUT2D eigenvalue weighted by molar-refractivity contribution is 5.92. The van der Waals surface area contributed by atoms with Crippen LogP contribution >= 0.6 is 0 Å². The molecule has 0 aromatic carbocycles. The zero-order chi connectivity index (χ0) is 16.3. The quantitative estimate of drug-likeness (QED) is 0.764. The zero-order valence-electron chi connectivity index (χ0n) is 13.8. The molecule has 0 saturated heterocycles. The molecule has 2 atom stereocenters. The van der Waals surface area contributed by atoms with Gasteiger partial charge < -0.3 is 10.2 Å². The summed E-state index contributed by atoms with van der Waals surface area (Å²) in [5, 5.41) is 20.2. The van der Waals surface area contributed by atoms with Crippen molar-refractivity contribution in [2.45, 2.75) is 65.6 Å². The average molecular weight is 292 g/mol. The van der Waals surface area contributed by atoms with Crippen LogP contribution in [0.4, 0.5) is 0 Å². The third-order valence-electron chi connectivity index (χ3n) is 4.26. The minimum absolute atomic E-state index is 0.0692. The lowest BCUT2D eigenvalue weighted by Crippen LogP contribution is -2.48. The Balaban J connectivity index is 2.90. The Kier molecular flexibility index (Phi) is 5.71. The molecule has 0 radical (unpaired) electrons. The van der Waals surface area contributed by atoms with E-state index in [1.54, 1.807) is 26.0 Å². The largest absolute Gasteiger partial charge is 0.393 e. The fourth-order valence-electron chi connectivity index (χ4n) is 2.74. The second kappa shape index (κ2) is 6.71. The van der Waals surface area contributed by atoms with Gasteiger partial charge in [-0.2, -0.15) is 0 Å². The lowest BCUT2D eigenvalue weighted by Gasteiger charge is -2.44. The SMILES string of the molecule is CC1=CC(=O)CC(C)(C)[C@@]1(O)/C=C/C(C)=C\CCC(C)O. The number of allylic oxidation sites excluding steroid dienone is 4. The van der Waals surface area contributed by atoms with Crippen molar-refractivity contribution in [2.75, 3.05) is 0 Å². The summed E-state index contributed by atoms with van der Waals surface area (Å²) in [7, 11) is 0. The molecule has 0 aromatic heterocycles. The molecule has 1 unspecified atom stereocenters. The summed E-state index contributed by atoms with van der Waals surface area (Å²) in [4.78, 5) is 11.7. The van der Waals surface area contributed by atoms with Crippen LogP contribution < -0.4 is 0 Å². The van der Waals surface area contributed by atoms with Crippen LogP contribution in [0.5, 0.6) is 0 Å². The summed E-state index contributed by atoms with van der Waals surface area (Å²) >= 11 is 0. The lowest BCUT2D eigenvalue weighted by molar-refractivity contribution is -0.121. The number of hydrogen-bond acceptors (Lipinski definition) is 3. The Hall–Kier alpha value is -1.19. The molecule has 118 valence electrons. The Bertz CT molecular complexity index is 481. The normalized spacial score (nSPS) is 27.9. The number of carbonyl (C=O) groups is 1. The maximum Gasteiger partial charge on any atom is 0.156 e. The van der Waals surface area contributed by atoms with Crippen molar-refractivity contribution in [1.29, 1.82) is 0 Å². The highest BCUT2D eigenvalue weighted by Gasteiger charge is 2.46. The predicted molar refractivity (Wildman–Crippen MR) is 85.9 cm³/mol. The zero-order valence-corrected chi connectivity index (χ0v) is 13.8. The number of aliphatic hydroxyl groups is 2. The first-order chi connectivity index (χ1) is 9.58. The Morgan fingerprint density at radius 2 is 2.10 bits per heavy atom. The molecule has 1 rings (SSSR count). The van der Waals surface area contributed by atoms with Crippen LogP contribution in [0.3, 0.4) is 0 Å². The molecule has 21 heavy (non-hydrogen) atoms. The van der Waals surface area contributed by atoms with E-state index in [4.69, 9.17) is 0 Å². The molecule has 1 aliphatic rings. The molecule has 0 aliphatic heterocycles. The molecule has 0 spiro atoms. The van der Waals surface area contributed by atoms with Crippen LogP contribution in [-0.4, -0.2) is 27.7 Å². The Labute approximate surface area is 128 Å². The topological polar surface area (TPSA) is 57.5 Å². The van der Waals surface area contributed by atoms with Crippen molar-refractivity contribution < 1.29 is 15.0 Å². The molecule has 3 nitrogen and oxygen atoms in total. The molecule has 0 bridgehead atoms. The van der Waals surface area contributed by atoms with Crippen LogP contribution in [-0.2, 0) is 4.79 Å². The van der Waals surface area contributed by atoms with Crippen molar-refractivity contribution in [1.82, 2.24) is 0 Å². The maximum absolute atomic E-state index is 11.7. The molecule has 0 amide bonds. The molecule has 0 saturated carbocycles. The van der Waals surface area contributed by atoms with Crippen molar-refractivity contribution in [3.05, 3.63) is 35.5 Å². The fourth-order valence-corrected chi connectivity index (χ4v) is 2.74. The van der Waals surface area contributed by atoms with Crippen LogP contribution in [0, 0.1) is 5.41 Å². The third kappa shape index (κ3) is 4.39. The number of aliphatic hydroxyl groups excluding tert-OH is 1. The van der Waals surface area contributed by atoms with Gasteiger partial charge in [-0.05, 0) is 51.3 Å². The smallest absolute Gasteiger partial charge is 0.156 e. The van der Waals surface area contributed by atoms with E-state index in [2.05, 4.69) is 0 Å². The predicted octanol–water partition coefficient (Wildman–Crippen LogP) is 3.33. The molecule has 3 heteroatoms. The van der Waals surface area contributed by atoms with E-state index in [-0.39, 0.29) is 11.9 Å². The highest BCUT2D eigenvalue weighted by Crippen LogP contribution is 2.44. The first-order valence-corrected chi connectivity index (χ1v) is 7.56. The van der Waals surface area contributed by atoms with Gasteiger partial charge >= 0.3 is 0 Å². The number of hydrogen-bond donors (Lipinski definition) is 2. The minimum atomic E-state index is -1.10. The van der Waals surface area contributed by atoms with E-state index in [0.717, 1.165) is 18.4 Å². The summed E-state index contributed by atoms with van der Waals surface area (Å²) in [6, 6.07) is 0. The Morgan fingerprint density at radius 1 is 1.48 bits per heavy atom. The average Bonchev–Trinajstić information content (AvgIpc) is 2.32. The fraction of sp³-hybridized carbons (Fsp3) is 0.611. The lowest BCUT2D eigenvalue weighted by atomic mass is 9.64. The van der Waals surface area contributed by atoms with E-state index in [9.17, 15) is 15.0 Å². The third-order valence-corrected chi connectivity index (χ3v) is 4.26. The van der Waals surface area contributed by atoms with Gasteiger partial charge in [0.1, 0.15) is 5.60 Å². The summed E-state index contributed by atoms with van der Waals surface area (Å²) < 4.78 is 0. The van der Waals surface area contributed by atoms with Crippen molar-refractivity contribution in [2.24, 2.45) is 5.41 Å². The van der Waals surface area contributed by atoms with Gasteiger partial charge in [-0.1, -0.05) is 31.6 Å². The van der Waals surface area contributed by atoms with E-state index < -0.39 is 11.0 Å². The number of rotatable bonds is 5. The summed E-state index contributed by atoms with van der Waals surface area (Å²) in [6.07, 6.45) is 8.87. The summed E-state index contributed by atoms with van der Waals surface area (Å²) in [5.74, 6) is 0.0692. The van der Waals surface area contributed by atoms with Crippen LogP contribution in [0.2, 0.25) is 0 Å². The maximum atomic E-state index is 11.7. The van der Waals surface area contributed by atoms with Gasteiger partial charge in [0.2, 0.25) is 0 Å². The van der Waals surface area contributed by atoms with Crippen molar-refractivity contribution in [3.8, 4) is 0 Å². The minimum Gasteiger partial charge on any atom is -0.393 e.